The molecule has 1 fully saturated rings. The standard InChI is InChI=1S/C23H30N4O3S/c1-4-27(5-2)22(18-11-7-6-8-12-18)23(28)24-19-13-9-14-20(17-19)31(29,30)25-21-15-10-16-26(21)3/h6-9,11-14,17,22H,4-5,10,15-16H2,1-3H3,(H,24,28)/b25-21-. The minimum Gasteiger partial charge on any atom is -0.362 e. The molecule has 1 aliphatic heterocycles. The van der Waals surface area contributed by atoms with Gasteiger partial charge in [0, 0.05) is 25.7 Å². The molecule has 0 aliphatic carbocycles. The SMILES string of the molecule is CCN(CC)C(C(=O)Nc1cccc(S(=O)(=O)/N=C2/CCCN2C)c1)c1ccccc1. The summed E-state index contributed by atoms with van der Waals surface area (Å²) in [5, 5.41) is 2.90. The molecule has 1 aliphatic rings. The minimum absolute atomic E-state index is 0.0669. The van der Waals surface area contributed by atoms with Crippen molar-refractivity contribution in [3.8, 4) is 0 Å². The molecule has 0 bridgehead atoms. The molecule has 8 heteroatoms. The Morgan fingerprint density at radius 1 is 1.13 bits per heavy atom. The molecule has 2 aromatic rings. The highest BCUT2D eigenvalue weighted by molar-refractivity contribution is 7.90. The summed E-state index contributed by atoms with van der Waals surface area (Å²) in [4.78, 5) is 17.2. The molecule has 1 heterocycles. The van der Waals surface area contributed by atoms with Crippen LogP contribution >= 0.6 is 0 Å². The molecule has 1 atom stereocenters. The summed E-state index contributed by atoms with van der Waals surface area (Å²) in [6.45, 7) is 6.25. The van der Waals surface area contributed by atoms with Crippen molar-refractivity contribution in [2.75, 3.05) is 32.0 Å². The van der Waals surface area contributed by atoms with Crippen molar-refractivity contribution in [1.29, 1.82) is 0 Å². The summed E-state index contributed by atoms with van der Waals surface area (Å²) in [5.41, 5.74) is 1.32. The van der Waals surface area contributed by atoms with Gasteiger partial charge in [-0.2, -0.15) is 8.42 Å². The molecule has 166 valence electrons. The Bertz CT molecular complexity index is 1030. The number of likely N-dealkylation sites (N-methyl/N-ethyl adjacent to an activating group) is 1. The molecule has 1 unspecified atom stereocenters. The number of carbonyl (C=O) groups is 1. The van der Waals surface area contributed by atoms with E-state index in [9.17, 15) is 13.2 Å². The van der Waals surface area contributed by atoms with Gasteiger partial charge in [0.1, 0.15) is 11.9 Å². The lowest BCUT2D eigenvalue weighted by Crippen LogP contribution is -2.37. The Morgan fingerprint density at radius 3 is 2.45 bits per heavy atom. The summed E-state index contributed by atoms with van der Waals surface area (Å²) < 4.78 is 29.6. The normalized spacial score (nSPS) is 16.6. The summed E-state index contributed by atoms with van der Waals surface area (Å²) >= 11 is 0. The maximum atomic E-state index is 13.2. The third-order valence-electron chi connectivity index (χ3n) is 5.50. The third kappa shape index (κ3) is 5.51. The molecule has 2 aromatic carbocycles. The molecular formula is C23H30N4O3S. The van der Waals surface area contributed by atoms with E-state index in [-0.39, 0.29) is 10.8 Å². The monoisotopic (exact) mass is 442 g/mol. The summed E-state index contributed by atoms with van der Waals surface area (Å²) in [6, 6.07) is 15.4. The van der Waals surface area contributed by atoms with Gasteiger partial charge in [0.05, 0.1) is 4.90 Å². The zero-order valence-corrected chi connectivity index (χ0v) is 19.1. The van der Waals surface area contributed by atoms with Crippen LogP contribution in [-0.4, -0.2) is 56.6 Å². The van der Waals surface area contributed by atoms with Crippen LogP contribution in [0.1, 0.15) is 38.3 Å². The van der Waals surface area contributed by atoms with E-state index in [1.165, 1.54) is 12.1 Å². The first-order valence-electron chi connectivity index (χ1n) is 10.6. The number of sulfonamides is 1. The molecule has 0 aromatic heterocycles. The first-order chi connectivity index (χ1) is 14.9. The number of likely N-dealkylation sites (tertiary alicyclic amines) is 1. The topological polar surface area (TPSA) is 82.1 Å². The van der Waals surface area contributed by atoms with Gasteiger partial charge in [-0.1, -0.05) is 50.2 Å². The van der Waals surface area contributed by atoms with E-state index in [1.807, 2.05) is 56.1 Å². The molecule has 0 radical (unpaired) electrons. The number of hydrogen-bond donors (Lipinski definition) is 1. The first-order valence-corrected chi connectivity index (χ1v) is 12.0. The maximum absolute atomic E-state index is 13.2. The van der Waals surface area contributed by atoms with E-state index in [1.54, 1.807) is 12.1 Å². The van der Waals surface area contributed by atoms with E-state index >= 15 is 0 Å². The molecule has 0 spiro atoms. The molecule has 7 nitrogen and oxygen atoms in total. The van der Waals surface area contributed by atoms with Gasteiger partial charge in [0.15, 0.2) is 0 Å². The van der Waals surface area contributed by atoms with Crippen LogP contribution in [-0.2, 0) is 14.8 Å². The molecule has 31 heavy (non-hydrogen) atoms. The van der Waals surface area contributed by atoms with E-state index < -0.39 is 16.1 Å². The van der Waals surface area contributed by atoms with Crippen molar-refractivity contribution < 1.29 is 13.2 Å². The summed E-state index contributed by atoms with van der Waals surface area (Å²) in [5.74, 6) is 0.367. The molecule has 1 N–H and O–H groups in total. The average Bonchev–Trinajstić information content (AvgIpc) is 3.16. The van der Waals surface area contributed by atoms with E-state index in [2.05, 4.69) is 14.6 Å². The van der Waals surface area contributed by atoms with E-state index in [0.717, 1.165) is 18.5 Å². The molecular weight excluding hydrogens is 412 g/mol. The Labute approximate surface area is 184 Å². The van der Waals surface area contributed by atoms with Crippen molar-refractivity contribution in [2.45, 2.75) is 37.6 Å². The summed E-state index contributed by atoms with van der Waals surface area (Å²) in [6.07, 6.45) is 1.54. The number of amidine groups is 1. The number of benzene rings is 2. The lowest BCUT2D eigenvalue weighted by molar-refractivity contribution is -0.121. The van der Waals surface area contributed by atoms with Crippen LogP contribution in [0.3, 0.4) is 0 Å². The van der Waals surface area contributed by atoms with E-state index in [4.69, 9.17) is 0 Å². The van der Waals surface area contributed by atoms with Crippen LogP contribution < -0.4 is 5.32 Å². The first kappa shape index (κ1) is 23.0. The van der Waals surface area contributed by atoms with E-state index in [0.29, 0.717) is 31.0 Å². The number of anilines is 1. The fourth-order valence-corrected chi connectivity index (χ4v) is 4.94. The number of carbonyl (C=O) groups excluding carboxylic acids is 1. The number of hydrogen-bond acceptors (Lipinski definition) is 4. The Morgan fingerprint density at radius 2 is 1.84 bits per heavy atom. The van der Waals surface area contributed by atoms with Gasteiger partial charge in [-0.3, -0.25) is 9.69 Å². The van der Waals surface area contributed by atoms with Gasteiger partial charge in [-0.05, 0) is 43.3 Å². The number of nitrogens with one attached hydrogen (secondary N) is 1. The maximum Gasteiger partial charge on any atom is 0.284 e. The van der Waals surface area contributed by atoms with Gasteiger partial charge >= 0.3 is 0 Å². The van der Waals surface area contributed by atoms with Crippen LogP contribution in [0.25, 0.3) is 0 Å². The number of nitrogens with zero attached hydrogens (tertiary/aromatic N) is 3. The van der Waals surface area contributed by atoms with Crippen molar-refractivity contribution in [3.63, 3.8) is 0 Å². The van der Waals surface area contributed by atoms with Gasteiger partial charge in [-0.15, -0.1) is 4.40 Å². The predicted molar refractivity (Wildman–Crippen MR) is 124 cm³/mol. The average molecular weight is 443 g/mol. The minimum atomic E-state index is -3.85. The lowest BCUT2D eigenvalue weighted by atomic mass is 10.0. The zero-order valence-electron chi connectivity index (χ0n) is 18.3. The predicted octanol–water partition coefficient (Wildman–Crippen LogP) is 3.52. The fraction of sp³-hybridized carbons (Fsp3) is 0.391. The second kappa shape index (κ2) is 10.1. The Balaban J connectivity index is 1.86. The number of rotatable bonds is 8. The van der Waals surface area contributed by atoms with Gasteiger partial charge in [0.25, 0.3) is 10.0 Å². The van der Waals surface area contributed by atoms with Crippen molar-refractivity contribution >= 4 is 27.5 Å². The largest absolute Gasteiger partial charge is 0.362 e. The van der Waals surface area contributed by atoms with Crippen LogP contribution in [0.5, 0.6) is 0 Å². The molecule has 1 amide bonds. The molecule has 1 saturated heterocycles. The smallest absolute Gasteiger partial charge is 0.284 e. The second-order valence-electron chi connectivity index (χ2n) is 7.56. The zero-order chi connectivity index (χ0) is 22.4. The fourth-order valence-electron chi connectivity index (χ4n) is 3.80. The van der Waals surface area contributed by atoms with Crippen LogP contribution in [0.2, 0.25) is 0 Å². The summed E-state index contributed by atoms with van der Waals surface area (Å²) in [7, 11) is -2.01. The lowest BCUT2D eigenvalue weighted by Gasteiger charge is -2.29. The van der Waals surface area contributed by atoms with Gasteiger partial charge in [0.2, 0.25) is 5.91 Å². The van der Waals surface area contributed by atoms with Crippen molar-refractivity contribution in [3.05, 3.63) is 60.2 Å². The van der Waals surface area contributed by atoms with Gasteiger partial charge in [-0.25, -0.2) is 0 Å². The Hall–Kier alpha value is -2.71. The highest BCUT2D eigenvalue weighted by Crippen LogP contribution is 2.24. The number of amides is 1. The second-order valence-corrected chi connectivity index (χ2v) is 9.16. The Kier molecular flexibility index (Phi) is 7.46. The van der Waals surface area contributed by atoms with Crippen molar-refractivity contribution in [1.82, 2.24) is 9.80 Å². The highest BCUT2D eigenvalue weighted by atomic mass is 32.2. The third-order valence-corrected chi connectivity index (χ3v) is 6.80. The highest BCUT2D eigenvalue weighted by Gasteiger charge is 2.26. The quantitative estimate of drug-likeness (QED) is 0.676. The molecule has 0 saturated carbocycles. The van der Waals surface area contributed by atoms with Crippen LogP contribution in [0.15, 0.2) is 63.9 Å². The van der Waals surface area contributed by atoms with Crippen LogP contribution in [0, 0.1) is 0 Å². The molecule has 3 rings (SSSR count). The van der Waals surface area contributed by atoms with Crippen molar-refractivity contribution in [2.24, 2.45) is 4.40 Å². The van der Waals surface area contributed by atoms with Gasteiger partial charge < -0.3 is 10.2 Å². The van der Waals surface area contributed by atoms with Crippen LogP contribution in [0.4, 0.5) is 5.69 Å².